The molecule has 26 heavy (non-hydrogen) atoms. The average molecular weight is 363 g/mol. The molecule has 8 heteroatoms. The first-order chi connectivity index (χ1) is 12.4. The molecule has 6 nitrogen and oxygen atoms in total. The number of hydrogen-bond donors (Lipinski definition) is 2. The van der Waals surface area contributed by atoms with E-state index >= 15 is 0 Å². The van der Waals surface area contributed by atoms with Crippen molar-refractivity contribution in [2.75, 3.05) is 24.5 Å². The van der Waals surface area contributed by atoms with E-state index in [1.807, 2.05) is 11.8 Å². The van der Waals surface area contributed by atoms with Crippen LogP contribution in [0.2, 0.25) is 0 Å². The summed E-state index contributed by atoms with van der Waals surface area (Å²) in [5, 5.41) is 12.5. The summed E-state index contributed by atoms with van der Waals surface area (Å²) in [6.45, 7) is 3.92. The van der Waals surface area contributed by atoms with Gasteiger partial charge in [-0.1, -0.05) is 0 Å². The SMILES string of the molecule is CC1CN(c2cc3c(cc2F)c(=O)c(C(=O)O)cn3[C@@H]2C[C@@H]2F)CCN1. The van der Waals surface area contributed by atoms with Gasteiger partial charge in [-0.25, -0.2) is 13.6 Å². The van der Waals surface area contributed by atoms with E-state index in [4.69, 9.17) is 0 Å². The molecule has 2 N–H and O–H groups in total. The van der Waals surface area contributed by atoms with Gasteiger partial charge in [-0.05, 0) is 19.1 Å². The van der Waals surface area contributed by atoms with E-state index in [2.05, 4.69) is 5.32 Å². The number of benzene rings is 1. The highest BCUT2D eigenvalue weighted by atomic mass is 19.1. The summed E-state index contributed by atoms with van der Waals surface area (Å²) >= 11 is 0. The lowest BCUT2D eigenvalue weighted by Gasteiger charge is -2.34. The number of nitrogens with one attached hydrogen (secondary N) is 1. The van der Waals surface area contributed by atoms with Gasteiger partial charge in [0.2, 0.25) is 5.43 Å². The van der Waals surface area contributed by atoms with E-state index in [1.54, 1.807) is 6.07 Å². The molecule has 2 aliphatic rings. The number of carboxylic acids is 1. The molecule has 1 saturated heterocycles. The van der Waals surface area contributed by atoms with E-state index in [-0.39, 0.29) is 17.8 Å². The van der Waals surface area contributed by atoms with Gasteiger partial charge in [-0.3, -0.25) is 4.79 Å². The number of aromatic nitrogens is 1. The van der Waals surface area contributed by atoms with Crippen LogP contribution in [0.3, 0.4) is 0 Å². The maximum atomic E-state index is 14.7. The minimum Gasteiger partial charge on any atom is -0.477 e. The molecule has 0 amide bonds. The second-order valence-corrected chi connectivity index (χ2v) is 7.03. The molecule has 3 atom stereocenters. The number of halogens is 2. The van der Waals surface area contributed by atoms with Crippen LogP contribution in [0.25, 0.3) is 10.9 Å². The van der Waals surface area contributed by atoms with Crippen molar-refractivity contribution < 1.29 is 18.7 Å². The molecule has 0 spiro atoms. The highest BCUT2D eigenvalue weighted by Crippen LogP contribution is 2.41. The van der Waals surface area contributed by atoms with Crippen molar-refractivity contribution in [2.24, 2.45) is 0 Å². The number of alkyl halides is 1. The van der Waals surface area contributed by atoms with E-state index in [9.17, 15) is 23.5 Å². The number of carboxylic acid groups (broad SMARTS) is 1. The summed E-state index contributed by atoms with van der Waals surface area (Å²) in [5.74, 6) is -1.98. The Hall–Kier alpha value is -2.48. The van der Waals surface area contributed by atoms with Crippen LogP contribution in [0.1, 0.15) is 29.7 Å². The largest absolute Gasteiger partial charge is 0.477 e. The fraction of sp³-hybridized carbons (Fsp3) is 0.444. The van der Waals surface area contributed by atoms with Crippen LogP contribution in [0.15, 0.2) is 23.1 Å². The second-order valence-electron chi connectivity index (χ2n) is 7.03. The topological polar surface area (TPSA) is 74.6 Å². The van der Waals surface area contributed by atoms with Gasteiger partial charge in [0, 0.05) is 43.7 Å². The monoisotopic (exact) mass is 363 g/mol. The molecular weight excluding hydrogens is 344 g/mol. The van der Waals surface area contributed by atoms with Crippen molar-refractivity contribution in [1.82, 2.24) is 9.88 Å². The molecule has 1 aromatic carbocycles. The second kappa shape index (κ2) is 6.05. The Morgan fingerprint density at radius 2 is 2.12 bits per heavy atom. The molecule has 1 aliphatic carbocycles. The number of aromatic carboxylic acids is 1. The summed E-state index contributed by atoms with van der Waals surface area (Å²) in [6.07, 6.45) is 0.350. The quantitative estimate of drug-likeness (QED) is 0.872. The number of pyridine rings is 1. The molecule has 0 bridgehead atoms. The van der Waals surface area contributed by atoms with Crippen molar-refractivity contribution in [3.63, 3.8) is 0 Å². The first-order valence-corrected chi connectivity index (χ1v) is 8.61. The van der Waals surface area contributed by atoms with Crippen LogP contribution in [0, 0.1) is 5.82 Å². The van der Waals surface area contributed by atoms with E-state index < -0.39 is 35.0 Å². The fourth-order valence-electron chi connectivity index (χ4n) is 3.62. The molecule has 1 unspecified atom stereocenters. The van der Waals surface area contributed by atoms with Gasteiger partial charge in [0.15, 0.2) is 0 Å². The molecule has 138 valence electrons. The van der Waals surface area contributed by atoms with Gasteiger partial charge in [0.1, 0.15) is 17.6 Å². The predicted molar refractivity (Wildman–Crippen MR) is 93.4 cm³/mol. The standard InChI is InChI=1S/C18H19F2N3O3/c1-9-7-22(3-2-21-9)15-6-14-10(4-12(15)19)17(24)11(18(25)26)8-23(14)16-5-13(16)20/h4,6,8-9,13,16,21H,2-3,5,7H2,1H3,(H,25,26)/t9?,13-,16+/m0/s1. The minimum atomic E-state index is -1.40. The summed E-state index contributed by atoms with van der Waals surface area (Å²) in [5.41, 5.74) is -0.510. The number of hydrogen-bond acceptors (Lipinski definition) is 4. The molecule has 2 fully saturated rings. The number of fused-ring (bicyclic) bond motifs is 1. The lowest BCUT2D eigenvalue weighted by Crippen LogP contribution is -2.49. The number of carbonyl (C=O) groups is 1. The molecule has 2 heterocycles. The van der Waals surface area contributed by atoms with Gasteiger partial charge in [-0.15, -0.1) is 0 Å². The Bertz CT molecular complexity index is 959. The van der Waals surface area contributed by atoms with E-state index in [0.717, 1.165) is 6.07 Å². The first-order valence-electron chi connectivity index (χ1n) is 8.61. The zero-order chi connectivity index (χ0) is 18.6. The maximum Gasteiger partial charge on any atom is 0.341 e. The highest BCUT2D eigenvalue weighted by Gasteiger charge is 2.40. The summed E-state index contributed by atoms with van der Waals surface area (Å²) in [7, 11) is 0. The van der Waals surface area contributed by atoms with E-state index in [0.29, 0.717) is 30.8 Å². The summed E-state index contributed by atoms with van der Waals surface area (Å²) < 4.78 is 29.9. The minimum absolute atomic E-state index is 0.0339. The van der Waals surface area contributed by atoms with Crippen molar-refractivity contribution >= 4 is 22.6 Å². The van der Waals surface area contributed by atoms with Crippen LogP contribution < -0.4 is 15.6 Å². The number of anilines is 1. The first kappa shape index (κ1) is 17.0. The Morgan fingerprint density at radius 3 is 2.73 bits per heavy atom. The van der Waals surface area contributed by atoms with E-state index in [1.165, 1.54) is 10.8 Å². The molecule has 4 rings (SSSR count). The Kier molecular flexibility index (Phi) is 3.95. The highest BCUT2D eigenvalue weighted by molar-refractivity contribution is 5.93. The van der Waals surface area contributed by atoms with Crippen LogP contribution >= 0.6 is 0 Å². The van der Waals surface area contributed by atoms with Crippen LogP contribution in [-0.2, 0) is 0 Å². The van der Waals surface area contributed by atoms with Gasteiger partial charge >= 0.3 is 5.97 Å². The Morgan fingerprint density at radius 1 is 1.38 bits per heavy atom. The maximum absolute atomic E-state index is 14.7. The molecule has 1 saturated carbocycles. The average Bonchev–Trinajstić information content (AvgIpc) is 3.31. The molecule has 0 radical (unpaired) electrons. The van der Waals surface area contributed by atoms with Crippen molar-refractivity contribution in [3.8, 4) is 0 Å². The van der Waals surface area contributed by atoms with Crippen molar-refractivity contribution in [3.05, 3.63) is 39.9 Å². The third kappa shape index (κ3) is 2.74. The molecule has 1 aromatic heterocycles. The Balaban J connectivity index is 1.93. The van der Waals surface area contributed by atoms with Crippen LogP contribution in [0.4, 0.5) is 14.5 Å². The predicted octanol–water partition coefficient (Wildman–Crippen LogP) is 1.92. The van der Waals surface area contributed by atoms with Crippen molar-refractivity contribution in [1.29, 1.82) is 0 Å². The van der Waals surface area contributed by atoms with Gasteiger partial charge in [0.25, 0.3) is 0 Å². The molecular formula is C18H19F2N3O3. The number of piperazine rings is 1. The lowest BCUT2D eigenvalue weighted by atomic mass is 10.1. The zero-order valence-corrected chi connectivity index (χ0v) is 14.2. The Labute approximate surface area is 148 Å². The molecule has 1 aliphatic heterocycles. The molecule has 2 aromatic rings. The fourth-order valence-corrected chi connectivity index (χ4v) is 3.62. The summed E-state index contributed by atoms with van der Waals surface area (Å²) in [6, 6.07) is 2.30. The third-order valence-electron chi connectivity index (χ3n) is 5.08. The lowest BCUT2D eigenvalue weighted by molar-refractivity contribution is 0.0694. The van der Waals surface area contributed by atoms with Gasteiger partial charge < -0.3 is 19.9 Å². The third-order valence-corrected chi connectivity index (χ3v) is 5.08. The smallest absolute Gasteiger partial charge is 0.341 e. The van der Waals surface area contributed by atoms with Crippen LogP contribution in [0.5, 0.6) is 0 Å². The zero-order valence-electron chi connectivity index (χ0n) is 14.2. The van der Waals surface area contributed by atoms with Gasteiger partial charge in [-0.2, -0.15) is 0 Å². The van der Waals surface area contributed by atoms with Gasteiger partial charge in [0.05, 0.1) is 17.2 Å². The summed E-state index contributed by atoms with van der Waals surface area (Å²) in [4.78, 5) is 25.7. The normalized spacial score (nSPS) is 25.5. The van der Waals surface area contributed by atoms with Crippen molar-refractivity contribution in [2.45, 2.75) is 31.6 Å². The number of rotatable bonds is 3. The number of nitrogens with zero attached hydrogens (tertiary/aromatic N) is 2. The van der Waals surface area contributed by atoms with Crippen LogP contribution in [-0.4, -0.2) is 47.5 Å².